The molecular weight excluding hydrogens is 316 g/mol. The predicted molar refractivity (Wildman–Crippen MR) is 87.6 cm³/mol. The Hall–Kier alpha value is -2.41. The van der Waals surface area contributed by atoms with Gasteiger partial charge in [0.1, 0.15) is 23.5 Å². The molecule has 0 bridgehead atoms. The van der Waals surface area contributed by atoms with Crippen LogP contribution in [-0.2, 0) is 0 Å². The van der Waals surface area contributed by atoms with Crippen LogP contribution in [-0.4, -0.2) is 24.2 Å². The second kappa shape index (κ2) is 8.44. The van der Waals surface area contributed by atoms with Crippen LogP contribution in [0.1, 0.15) is 37.3 Å². The lowest BCUT2D eigenvalue weighted by Gasteiger charge is -2.19. The first-order chi connectivity index (χ1) is 11.5. The van der Waals surface area contributed by atoms with E-state index in [1.807, 2.05) is 6.92 Å². The average Bonchev–Trinajstić information content (AvgIpc) is 3.06. The van der Waals surface area contributed by atoms with Gasteiger partial charge in [-0.15, -0.1) is 0 Å². The van der Waals surface area contributed by atoms with E-state index in [2.05, 4.69) is 15.6 Å². The van der Waals surface area contributed by atoms with Gasteiger partial charge in [0, 0.05) is 18.2 Å². The molecule has 0 aliphatic heterocycles. The van der Waals surface area contributed by atoms with Gasteiger partial charge < -0.3 is 20.2 Å². The topological polar surface area (TPSA) is 69.8 Å². The number of hydrogen-bond donors (Lipinski definition) is 3. The zero-order valence-corrected chi connectivity index (χ0v) is 13.6. The number of nitrogens with zero attached hydrogens (tertiary/aromatic N) is 1. The summed E-state index contributed by atoms with van der Waals surface area (Å²) in [7, 11) is 0. The lowest BCUT2D eigenvalue weighted by molar-refractivity contribution is 0.158. The molecule has 0 fully saturated rings. The molecule has 0 spiro atoms. The van der Waals surface area contributed by atoms with E-state index in [9.17, 15) is 13.9 Å². The molecule has 24 heavy (non-hydrogen) atoms. The molecule has 2 aromatic rings. The summed E-state index contributed by atoms with van der Waals surface area (Å²) in [5, 5.41) is 16.0. The molecule has 3 N–H and O–H groups in total. The molecular formula is C17H21F2N3O2. The minimum Gasteiger partial charge on any atom is -0.467 e. The molecule has 0 aliphatic rings. The zero-order valence-electron chi connectivity index (χ0n) is 13.6. The van der Waals surface area contributed by atoms with Crippen molar-refractivity contribution in [1.82, 2.24) is 10.6 Å². The van der Waals surface area contributed by atoms with Crippen LogP contribution in [0, 0.1) is 11.6 Å². The van der Waals surface area contributed by atoms with Crippen molar-refractivity contribution < 1.29 is 18.3 Å². The van der Waals surface area contributed by atoms with Crippen molar-refractivity contribution in [3.05, 3.63) is 59.6 Å². The third-order valence-electron chi connectivity index (χ3n) is 3.42. The number of aliphatic hydroxyl groups is 1. The number of nitrogens with one attached hydrogen (secondary N) is 2. The minimum absolute atomic E-state index is 0.0848. The lowest BCUT2D eigenvalue weighted by atomic mass is 10.1. The average molecular weight is 337 g/mol. The SMILES string of the molecule is CCNC(=NCC(O)c1ccco1)NC(C)c1ccc(F)cc1F. The Morgan fingerprint density at radius 1 is 1.33 bits per heavy atom. The Labute approximate surface area is 139 Å². The summed E-state index contributed by atoms with van der Waals surface area (Å²) in [4.78, 5) is 4.27. The summed E-state index contributed by atoms with van der Waals surface area (Å²) in [5.41, 5.74) is 0.327. The van der Waals surface area contributed by atoms with Gasteiger partial charge in [0.15, 0.2) is 5.96 Å². The van der Waals surface area contributed by atoms with Crippen molar-refractivity contribution in [2.75, 3.05) is 13.1 Å². The Morgan fingerprint density at radius 3 is 2.75 bits per heavy atom. The molecule has 2 unspecified atom stereocenters. The van der Waals surface area contributed by atoms with E-state index in [4.69, 9.17) is 4.42 Å². The highest BCUT2D eigenvalue weighted by atomic mass is 19.1. The Balaban J connectivity index is 2.05. The predicted octanol–water partition coefficient (Wildman–Crippen LogP) is 2.91. The molecule has 0 radical (unpaired) electrons. The molecule has 130 valence electrons. The van der Waals surface area contributed by atoms with Crippen LogP contribution in [0.3, 0.4) is 0 Å². The molecule has 0 saturated heterocycles. The monoisotopic (exact) mass is 337 g/mol. The van der Waals surface area contributed by atoms with Crippen LogP contribution in [0.25, 0.3) is 0 Å². The van der Waals surface area contributed by atoms with Gasteiger partial charge >= 0.3 is 0 Å². The molecule has 7 heteroatoms. The van der Waals surface area contributed by atoms with Crippen LogP contribution in [0.4, 0.5) is 8.78 Å². The normalized spacial score (nSPS) is 14.3. The fourth-order valence-electron chi connectivity index (χ4n) is 2.20. The molecule has 2 rings (SSSR count). The van der Waals surface area contributed by atoms with Gasteiger partial charge in [-0.1, -0.05) is 6.07 Å². The standard InChI is InChI=1S/C17H21F2N3O2/c1-3-20-17(21-10-15(23)16-5-4-8-24-16)22-11(2)13-7-6-12(18)9-14(13)19/h4-9,11,15,23H,3,10H2,1-2H3,(H2,20,21,22). The third-order valence-corrected chi connectivity index (χ3v) is 3.42. The number of benzene rings is 1. The number of guanidine groups is 1. The third kappa shape index (κ3) is 4.79. The number of rotatable bonds is 6. The number of furan rings is 1. The second-order valence-corrected chi connectivity index (χ2v) is 5.28. The molecule has 1 aromatic heterocycles. The lowest BCUT2D eigenvalue weighted by Crippen LogP contribution is -2.39. The Bertz CT molecular complexity index is 674. The highest BCUT2D eigenvalue weighted by molar-refractivity contribution is 5.80. The first-order valence-electron chi connectivity index (χ1n) is 7.72. The van der Waals surface area contributed by atoms with E-state index in [1.165, 1.54) is 18.4 Å². The van der Waals surface area contributed by atoms with E-state index < -0.39 is 23.8 Å². The number of hydrogen-bond acceptors (Lipinski definition) is 3. The van der Waals surface area contributed by atoms with Crippen LogP contribution < -0.4 is 10.6 Å². The first kappa shape index (κ1) is 17.9. The quantitative estimate of drug-likeness (QED) is 0.560. The molecule has 0 amide bonds. The number of halogens is 2. The fraction of sp³-hybridized carbons (Fsp3) is 0.353. The summed E-state index contributed by atoms with van der Waals surface area (Å²) < 4.78 is 32.0. The van der Waals surface area contributed by atoms with Gasteiger partial charge in [-0.2, -0.15) is 0 Å². The van der Waals surface area contributed by atoms with E-state index in [0.29, 0.717) is 23.8 Å². The molecule has 5 nitrogen and oxygen atoms in total. The van der Waals surface area contributed by atoms with Gasteiger partial charge in [-0.05, 0) is 32.0 Å². The largest absolute Gasteiger partial charge is 0.467 e. The smallest absolute Gasteiger partial charge is 0.191 e. The Morgan fingerprint density at radius 2 is 2.12 bits per heavy atom. The van der Waals surface area contributed by atoms with Gasteiger partial charge in [-0.25, -0.2) is 8.78 Å². The summed E-state index contributed by atoms with van der Waals surface area (Å²) in [5.74, 6) is -0.404. The maximum atomic E-state index is 13.8. The number of aliphatic hydroxyl groups excluding tert-OH is 1. The molecule has 2 atom stereocenters. The van der Waals surface area contributed by atoms with Crippen LogP contribution >= 0.6 is 0 Å². The fourth-order valence-corrected chi connectivity index (χ4v) is 2.20. The van der Waals surface area contributed by atoms with Gasteiger partial charge in [-0.3, -0.25) is 4.99 Å². The number of aliphatic imine (C=N–C) groups is 1. The highest BCUT2D eigenvalue weighted by Crippen LogP contribution is 2.18. The van der Waals surface area contributed by atoms with E-state index >= 15 is 0 Å². The summed E-state index contributed by atoms with van der Waals surface area (Å²) >= 11 is 0. The van der Waals surface area contributed by atoms with Crippen LogP contribution in [0.5, 0.6) is 0 Å². The maximum absolute atomic E-state index is 13.8. The molecule has 1 heterocycles. The van der Waals surface area contributed by atoms with Crippen molar-refractivity contribution in [2.24, 2.45) is 4.99 Å². The highest BCUT2D eigenvalue weighted by Gasteiger charge is 2.14. The minimum atomic E-state index is -0.867. The van der Waals surface area contributed by atoms with Gasteiger partial charge in [0.05, 0.1) is 18.8 Å². The zero-order chi connectivity index (χ0) is 17.5. The first-order valence-corrected chi connectivity index (χ1v) is 7.72. The molecule has 1 aromatic carbocycles. The van der Waals surface area contributed by atoms with Crippen molar-refractivity contribution in [1.29, 1.82) is 0 Å². The van der Waals surface area contributed by atoms with E-state index in [1.54, 1.807) is 19.1 Å². The van der Waals surface area contributed by atoms with Crippen molar-refractivity contribution >= 4 is 5.96 Å². The van der Waals surface area contributed by atoms with E-state index in [0.717, 1.165) is 6.07 Å². The van der Waals surface area contributed by atoms with Gasteiger partial charge in [0.25, 0.3) is 0 Å². The Kier molecular flexibility index (Phi) is 6.31. The second-order valence-electron chi connectivity index (χ2n) is 5.28. The van der Waals surface area contributed by atoms with Crippen LogP contribution in [0.15, 0.2) is 46.0 Å². The molecule has 0 aliphatic carbocycles. The summed E-state index contributed by atoms with van der Waals surface area (Å²) in [6, 6.07) is 6.37. The van der Waals surface area contributed by atoms with Crippen LogP contribution in [0.2, 0.25) is 0 Å². The van der Waals surface area contributed by atoms with Gasteiger partial charge in [0.2, 0.25) is 0 Å². The van der Waals surface area contributed by atoms with Crippen molar-refractivity contribution in [3.8, 4) is 0 Å². The summed E-state index contributed by atoms with van der Waals surface area (Å²) in [6.45, 7) is 4.32. The molecule has 0 saturated carbocycles. The van der Waals surface area contributed by atoms with E-state index in [-0.39, 0.29) is 6.54 Å². The van der Waals surface area contributed by atoms with Crippen molar-refractivity contribution in [3.63, 3.8) is 0 Å². The maximum Gasteiger partial charge on any atom is 0.191 e. The summed E-state index contributed by atoms with van der Waals surface area (Å²) in [6.07, 6.45) is 0.610. The van der Waals surface area contributed by atoms with Crippen molar-refractivity contribution in [2.45, 2.75) is 26.0 Å².